The summed E-state index contributed by atoms with van der Waals surface area (Å²) in [6.07, 6.45) is 0. The van der Waals surface area contributed by atoms with Crippen LogP contribution >= 0.6 is 11.6 Å². The van der Waals surface area contributed by atoms with E-state index in [1.54, 1.807) is 66.7 Å². The van der Waals surface area contributed by atoms with E-state index in [9.17, 15) is 18.0 Å². The quantitative estimate of drug-likeness (QED) is 0.586. The van der Waals surface area contributed by atoms with Crippen molar-refractivity contribution in [3.8, 4) is 0 Å². The van der Waals surface area contributed by atoms with Crippen LogP contribution in [0.25, 0.3) is 0 Å². The fraction of sp³-hybridized carbons (Fsp3) is 0.0909. The Bertz CT molecular complexity index is 1190. The van der Waals surface area contributed by atoms with Crippen molar-refractivity contribution in [2.75, 3.05) is 10.6 Å². The molecule has 0 spiro atoms. The van der Waals surface area contributed by atoms with Gasteiger partial charge < -0.3 is 10.6 Å². The van der Waals surface area contributed by atoms with E-state index in [0.29, 0.717) is 22.5 Å². The molecule has 0 atom stereocenters. The number of hydrogen-bond donors (Lipinski definition) is 2. The van der Waals surface area contributed by atoms with Crippen LogP contribution in [0.2, 0.25) is 5.02 Å². The molecule has 3 rings (SSSR count). The fourth-order valence-electron chi connectivity index (χ4n) is 2.82. The molecule has 2 N–H and O–H groups in total. The molecule has 0 aliphatic rings. The summed E-state index contributed by atoms with van der Waals surface area (Å²) in [6.45, 7) is 1.37. The minimum absolute atomic E-state index is 0.213. The molecule has 0 aliphatic heterocycles. The van der Waals surface area contributed by atoms with E-state index in [0.717, 1.165) is 0 Å². The van der Waals surface area contributed by atoms with E-state index in [-0.39, 0.29) is 21.6 Å². The normalized spacial score (nSPS) is 11.0. The van der Waals surface area contributed by atoms with E-state index in [1.807, 2.05) is 0 Å². The maximum atomic E-state index is 12.6. The summed E-state index contributed by atoms with van der Waals surface area (Å²) in [5.41, 5.74) is 1.71. The second-order valence-corrected chi connectivity index (χ2v) is 9.00. The van der Waals surface area contributed by atoms with Crippen LogP contribution in [0.3, 0.4) is 0 Å². The van der Waals surface area contributed by atoms with Gasteiger partial charge >= 0.3 is 0 Å². The summed E-state index contributed by atoms with van der Waals surface area (Å²) in [4.78, 5) is 24.0. The first-order chi connectivity index (χ1) is 14.2. The highest BCUT2D eigenvalue weighted by molar-refractivity contribution is 7.90. The second-order valence-electron chi connectivity index (χ2n) is 6.60. The molecular formula is C22H19ClN2O4S. The monoisotopic (exact) mass is 442 g/mol. The van der Waals surface area contributed by atoms with Crippen molar-refractivity contribution < 1.29 is 18.0 Å². The molecule has 6 nitrogen and oxygen atoms in total. The van der Waals surface area contributed by atoms with Gasteiger partial charge in [-0.2, -0.15) is 0 Å². The standard InChI is InChI=1S/C22H19ClN2O4S/c1-15(26)24-21-11-10-18(13-20(21)23)25-22(27)17-7-5-6-16(12-17)14-30(28,29)19-8-3-2-4-9-19/h2-13H,14H2,1H3,(H,24,26)(H,25,27). The van der Waals surface area contributed by atoms with Gasteiger partial charge in [0, 0.05) is 18.2 Å². The topological polar surface area (TPSA) is 92.3 Å². The molecule has 3 aromatic rings. The lowest BCUT2D eigenvalue weighted by Gasteiger charge is -2.10. The molecule has 0 saturated heterocycles. The summed E-state index contributed by atoms with van der Waals surface area (Å²) < 4.78 is 25.1. The van der Waals surface area contributed by atoms with Crippen LogP contribution in [-0.4, -0.2) is 20.2 Å². The third kappa shape index (κ3) is 5.46. The maximum Gasteiger partial charge on any atom is 0.255 e. The van der Waals surface area contributed by atoms with Crippen molar-refractivity contribution in [2.24, 2.45) is 0 Å². The number of carbonyl (C=O) groups is 2. The molecule has 0 saturated carbocycles. The first-order valence-electron chi connectivity index (χ1n) is 9.00. The minimum atomic E-state index is -3.52. The average molecular weight is 443 g/mol. The van der Waals surface area contributed by atoms with Crippen LogP contribution < -0.4 is 10.6 Å². The van der Waals surface area contributed by atoms with Crippen LogP contribution in [0.1, 0.15) is 22.8 Å². The molecule has 3 aromatic carbocycles. The zero-order chi connectivity index (χ0) is 21.7. The number of nitrogens with one attached hydrogen (secondary N) is 2. The SMILES string of the molecule is CC(=O)Nc1ccc(NC(=O)c2cccc(CS(=O)(=O)c3ccccc3)c2)cc1Cl. The molecule has 0 bridgehead atoms. The van der Waals surface area contributed by atoms with Gasteiger partial charge in [-0.05, 0) is 48.0 Å². The van der Waals surface area contributed by atoms with Crippen LogP contribution in [0, 0.1) is 0 Å². The third-order valence-electron chi connectivity index (χ3n) is 4.19. The summed E-state index contributed by atoms with van der Waals surface area (Å²) in [5.74, 6) is -0.872. The van der Waals surface area contributed by atoms with Crippen LogP contribution in [0.4, 0.5) is 11.4 Å². The molecule has 2 amide bonds. The van der Waals surface area contributed by atoms with Gasteiger partial charge in [0.25, 0.3) is 5.91 Å². The Balaban J connectivity index is 1.75. The van der Waals surface area contributed by atoms with Crippen LogP contribution in [0.5, 0.6) is 0 Å². The average Bonchev–Trinajstić information content (AvgIpc) is 2.70. The van der Waals surface area contributed by atoms with Gasteiger partial charge in [-0.15, -0.1) is 0 Å². The molecule has 0 aliphatic carbocycles. The highest BCUT2D eigenvalue weighted by Gasteiger charge is 2.16. The summed E-state index contributed by atoms with van der Waals surface area (Å²) in [7, 11) is -3.52. The van der Waals surface area contributed by atoms with Gasteiger partial charge in [0.15, 0.2) is 9.84 Å². The van der Waals surface area contributed by atoms with Gasteiger partial charge in [0.2, 0.25) is 5.91 Å². The molecule has 0 heterocycles. The predicted octanol–water partition coefficient (Wildman–Crippen LogP) is 4.52. The largest absolute Gasteiger partial charge is 0.325 e. The molecule has 0 unspecified atom stereocenters. The number of carbonyl (C=O) groups excluding carboxylic acids is 2. The number of halogens is 1. The second kappa shape index (κ2) is 9.11. The molecule has 8 heteroatoms. The Morgan fingerprint density at radius 2 is 1.63 bits per heavy atom. The van der Waals surface area contributed by atoms with Crippen molar-refractivity contribution in [1.29, 1.82) is 0 Å². The van der Waals surface area contributed by atoms with Gasteiger partial charge in [0.05, 0.1) is 21.4 Å². The predicted molar refractivity (Wildman–Crippen MR) is 117 cm³/mol. The van der Waals surface area contributed by atoms with Gasteiger partial charge in [-0.3, -0.25) is 9.59 Å². The zero-order valence-electron chi connectivity index (χ0n) is 16.1. The van der Waals surface area contributed by atoms with E-state index in [4.69, 9.17) is 11.6 Å². The number of amides is 2. The van der Waals surface area contributed by atoms with Crippen molar-refractivity contribution in [2.45, 2.75) is 17.6 Å². The van der Waals surface area contributed by atoms with E-state index in [1.165, 1.54) is 13.0 Å². The summed E-state index contributed by atoms with van der Waals surface area (Å²) in [5, 5.41) is 5.59. The first-order valence-corrected chi connectivity index (χ1v) is 11.0. The lowest BCUT2D eigenvalue weighted by Crippen LogP contribution is -2.13. The Morgan fingerprint density at radius 1 is 0.900 bits per heavy atom. The van der Waals surface area contributed by atoms with Crippen molar-refractivity contribution in [3.63, 3.8) is 0 Å². The first kappa shape index (κ1) is 21.5. The number of sulfone groups is 1. The molecule has 0 radical (unpaired) electrons. The molecule has 0 fully saturated rings. The Hall–Kier alpha value is -3.16. The van der Waals surface area contributed by atoms with E-state index in [2.05, 4.69) is 10.6 Å². The van der Waals surface area contributed by atoms with Crippen molar-refractivity contribution >= 4 is 44.6 Å². The highest BCUT2D eigenvalue weighted by Crippen LogP contribution is 2.26. The smallest absolute Gasteiger partial charge is 0.255 e. The molecular weight excluding hydrogens is 424 g/mol. The van der Waals surface area contributed by atoms with Gasteiger partial charge in [-0.1, -0.05) is 41.9 Å². The van der Waals surface area contributed by atoms with Crippen LogP contribution in [-0.2, 0) is 20.4 Å². The molecule has 154 valence electrons. The summed E-state index contributed by atoms with van der Waals surface area (Å²) in [6, 6.07) is 19.3. The molecule has 30 heavy (non-hydrogen) atoms. The fourth-order valence-corrected chi connectivity index (χ4v) is 4.40. The van der Waals surface area contributed by atoms with Crippen LogP contribution in [0.15, 0.2) is 77.7 Å². The lowest BCUT2D eigenvalue weighted by atomic mass is 10.1. The minimum Gasteiger partial charge on any atom is -0.325 e. The number of hydrogen-bond acceptors (Lipinski definition) is 4. The Morgan fingerprint density at radius 3 is 2.30 bits per heavy atom. The third-order valence-corrected chi connectivity index (χ3v) is 6.20. The summed E-state index contributed by atoms with van der Waals surface area (Å²) >= 11 is 6.13. The van der Waals surface area contributed by atoms with Gasteiger partial charge in [0.1, 0.15) is 0 Å². The van der Waals surface area contributed by atoms with Gasteiger partial charge in [-0.25, -0.2) is 8.42 Å². The Labute approximate surface area is 179 Å². The number of rotatable bonds is 6. The van der Waals surface area contributed by atoms with E-state index < -0.39 is 15.7 Å². The maximum absolute atomic E-state index is 12.6. The number of anilines is 2. The zero-order valence-corrected chi connectivity index (χ0v) is 17.6. The Kier molecular flexibility index (Phi) is 6.54. The van der Waals surface area contributed by atoms with Crippen molar-refractivity contribution in [1.82, 2.24) is 0 Å². The van der Waals surface area contributed by atoms with E-state index >= 15 is 0 Å². The highest BCUT2D eigenvalue weighted by atomic mass is 35.5. The van der Waals surface area contributed by atoms with Crippen molar-refractivity contribution in [3.05, 3.63) is 88.9 Å². The number of benzene rings is 3. The molecule has 0 aromatic heterocycles. The lowest BCUT2D eigenvalue weighted by molar-refractivity contribution is -0.114.